The van der Waals surface area contributed by atoms with E-state index in [1.165, 1.54) is 32.1 Å². The summed E-state index contributed by atoms with van der Waals surface area (Å²) >= 11 is 0. The Balaban J connectivity index is 0.00000220. The zero-order chi connectivity index (χ0) is 14.5. The lowest BCUT2D eigenvalue weighted by Gasteiger charge is -2.29. The van der Waals surface area contributed by atoms with Gasteiger partial charge in [0.25, 0.3) is 0 Å². The van der Waals surface area contributed by atoms with E-state index in [2.05, 4.69) is 0 Å². The van der Waals surface area contributed by atoms with Crippen LogP contribution in [0.25, 0.3) is 0 Å². The number of halogens is 1. The topological polar surface area (TPSA) is 53.7 Å². The van der Waals surface area contributed by atoms with E-state index < -0.39 is 0 Å². The number of methoxy groups -OCH3 is 3. The molecule has 120 valence electrons. The van der Waals surface area contributed by atoms with Gasteiger partial charge < -0.3 is 19.9 Å². The fourth-order valence-corrected chi connectivity index (χ4v) is 3.06. The Hall–Kier alpha value is -1.13. The molecular weight excluding hydrogens is 290 g/mol. The predicted molar refractivity (Wildman–Crippen MR) is 86.8 cm³/mol. The SMILES string of the molecule is COc1cc(OC)c([C@@H](N)C2CCCCC2)cc1OC.Cl. The van der Waals surface area contributed by atoms with Gasteiger partial charge >= 0.3 is 0 Å². The van der Waals surface area contributed by atoms with Crippen LogP contribution < -0.4 is 19.9 Å². The second-order valence-corrected chi connectivity index (χ2v) is 5.37. The lowest BCUT2D eigenvalue weighted by Crippen LogP contribution is -2.24. The molecule has 1 aromatic carbocycles. The van der Waals surface area contributed by atoms with E-state index in [9.17, 15) is 0 Å². The van der Waals surface area contributed by atoms with E-state index in [0.717, 1.165) is 11.3 Å². The molecule has 0 amide bonds. The van der Waals surface area contributed by atoms with Crippen LogP contribution in [-0.2, 0) is 0 Å². The van der Waals surface area contributed by atoms with E-state index in [1.54, 1.807) is 21.3 Å². The molecule has 1 aliphatic rings. The van der Waals surface area contributed by atoms with Crippen LogP contribution >= 0.6 is 12.4 Å². The molecule has 4 nitrogen and oxygen atoms in total. The fourth-order valence-electron chi connectivity index (χ4n) is 3.06. The lowest BCUT2D eigenvalue weighted by molar-refractivity contribution is 0.298. The van der Waals surface area contributed by atoms with Gasteiger partial charge in [-0.3, -0.25) is 0 Å². The first-order valence-corrected chi connectivity index (χ1v) is 7.26. The third kappa shape index (κ3) is 3.95. The highest BCUT2D eigenvalue weighted by atomic mass is 35.5. The standard InChI is InChI=1S/C16H25NO3.ClH/c1-18-13-10-15(20-3)14(19-2)9-12(13)16(17)11-7-5-4-6-8-11;/h9-11,16H,4-8,17H2,1-3H3;1H/t16-;/m0./s1. The summed E-state index contributed by atoms with van der Waals surface area (Å²) in [5.74, 6) is 2.68. The van der Waals surface area contributed by atoms with Crippen LogP contribution in [0.5, 0.6) is 17.2 Å². The predicted octanol–water partition coefficient (Wildman–Crippen LogP) is 3.71. The van der Waals surface area contributed by atoms with Crippen molar-refractivity contribution in [2.75, 3.05) is 21.3 Å². The average molecular weight is 316 g/mol. The summed E-state index contributed by atoms with van der Waals surface area (Å²) in [6, 6.07) is 3.80. The van der Waals surface area contributed by atoms with Gasteiger partial charge in [-0.25, -0.2) is 0 Å². The van der Waals surface area contributed by atoms with Crippen molar-refractivity contribution in [2.24, 2.45) is 11.7 Å². The summed E-state index contributed by atoms with van der Waals surface area (Å²) in [5, 5.41) is 0. The summed E-state index contributed by atoms with van der Waals surface area (Å²) < 4.78 is 16.2. The summed E-state index contributed by atoms with van der Waals surface area (Å²) in [5.41, 5.74) is 7.50. The van der Waals surface area contributed by atoms with Gasteiger partial charge in [0.15, 0.2) is 11.5 Å². The van der Waals surface area contributed by atoms with Gasteiger partial charge in [0.05, 0.1) is 21.3 Å². The molecule has 5 heteroatoms. The summed E-state index contributed by atoms with van der Waals surface area (Å²) in [4.78, 5) is 0. The quantitative estimate of drug-likeness (QED) is 0.900. The highest BCUT2D eigenvalue weighted by Crippen LogP contribution is 2.41. The Morgan fingerprint density at radius 2 is 1.43 bits per heavy atom. The van der Waals surface area contributed by atoms with Crippen molar-refractivity contribution >= 4 is 12.4 Å². The minimum atomic E-state index is -0.00921. The zero-order valence-electron chi connectivity index (χ0n) is 13.1. The van der Waals surface area contributed by atoms with E-state index in [4.69, 9.17) is 19.9 Å². The van der Waals surface area contributed by atoms with Gasteiger partial charge in [-0.15, -0.1) is 12.4 Å². The Morgan fingerprint density at radius 1 is 0.905 bits per heavy atom. The number of ether oxygens (including phenoxy) is 3. The molecule has 0 heterocycles. The fraction of sp³-hybridized carbons (Fsp3) is 0.625. The molecule has 0 bridgehead atoms. The second-order valence-electron chi connectivity index (χ2n) is 5.37. The van der Waals surface area contributed by atoms with Crippen LogP contribution in [-0.4, -0.2) is 21.3 Å². The van der Waals surface area contributed by atoms with Crippen molar-refractivity contribution in [3.8, 4) is 17.2 Å². The highest BCUT2D eigenvalue weighted by Gasteiger charge is 2.25. The number of nitrogens with two attached hydrogens (primary N) is 1. The van der Waals surface area contributed by atoms with Crippen molar-refractivity contribution in [3.63, 3.8) is 0 Å². The summed E-state index contributed by atoms with van der Waals surface area (Å²) in [7, 11) is 4.93. The number of hydrogen-bond acceptors (Lipinski definition) is 4. The largest absolute Gasteiger partial charge is 0.496 e. The van der Waals surface area contributed by atoms with Gasteiger partial charge in [-0.1, -0.05) is 19.3 Å². The molecular formula is C16H26ClNO3. The highest BCUT2D eigenvalue weighted by molar-refractivity contribution is 5.85. The second kappa shape index (κ2) is 8.35. The van der Waals surface area contributed by atoms with Crippen LogP contribution in [0.4, 0.5) is 0 Å². The van der Waals surface area contributed by atoms with Gasteiger partial charge in [0.2, 0.25) is 0 Å². The first kappa shape index (κ1) is 17.9. The molecule has 1 saturated carbocycles. The third-order valence-electron chi connectivity index (χ3n) is 4.25. The Labute approximate surface area is 133 Å². The molecule has 0 spiro atoms. The summed E-state index contributed by atoms with van der Waals surface area (Å²) in [6.45, 7) is 0. The molecule has 0 aliphatic heterocycles. The van der Waals surface area contributed by atoms with Crippen molar-refractivity contribution in [1.82, 2.24) is 0 Å². The van der Waals surface area contributed by atoms with Crippen molar-refractivity contribution in [1.29, 1.82) is 0 Å². The molecule has 2 rings (SSSR count). The minimum absolute atomic E-state index is 0. The van der Waals surface area contributed by atoms with E-state index in [1.807, 2.05) is 12.1 Å². The molecule has 21 heavy (non-hydrogen) atoms. The van der Waals surface area contributed by atoms with Crippen molar-refractivity contribution in [2.45, 2.75) is 38.1 Å². The van der Waals surface area contributed by atoms with Crippen molar-refractivity contribution in [3.05, 3.63) is 17.7 Å². The number of hydrogen-bond donors (Lipinski definition) is 1. The van der Waals surface area contributed by atoms with Gasteiger partial charge in [-0.05, 0) is 24.8 Å². The molecule has 0 unspecified atom stereocenters. The molecule has 1 aliphatic carbocycles. The zero-order valence-corrected chi connectivity index (χ0v) is 13.9. The molecule has 1 atom stereocenters. The Bertz CT molecular complexity index is 447. The molecule has 1 aromatic rings. The van der Waals surface area contributed by atoms with Gasteiger partial charge in [0.1, 0.15) is 5.75 Å². The molecule has 0 radical (unpaired) electrons. The first-order chi connectivity index (χ1) is 9.71. The molecule has 2 N–H and O–H groups in total. The number of rotatable bonds is 5. The van der Waals surface area contributed by atoms with Crippen LogP contribution in [0.1, 0.15) is 43.7 Å². The van der Waals surface area contributed by atoms with Crippen LogP contribution in [0.2, 0.25) is 0 Å². The van der Waals surface area contributed by atoms with Gasteiger partial charge in [0, 0.05) is 17.7 Å². The maximum absolute atomic E-state index is 6.48. The lowest BCUT2D eigenvalue weighted by atomic mass is 9.81. The molecule has 0 aromatic heterocycles. The van der Waals surface area contributed by atoms with E-state index >= 15 is 0 Å². The van der Waals surface area contributed by atoms with E-state index in [0.29, 0.717) is 17.4 Å². The van der Waals surface area contributed by atoms with Crippen LogP contribution in [0.15, 0.2) is 12.1 Å². The minimum Gasteiger partial charge on any atom is -0.496 e. The average Bonchev–Trinajstić information content (AvgIpc) is 2.53. The Morgan fingerprint density at radius 3 is 1.95 bits per heavy atom. The van der Waals surface area contributed by atoms with Gasteiger partial charge in [-0.2, -0.15) is 0 Å². The summed E-state index contributed by atoms with van der Waals surface area (Å²) in [6.07, 6.45) is 6.26. The monoisotopic (exact) mass is 315 g/mol. The number of benzene rings is 1. The molecule has 1 fully saturated rings. The van der Waals surface area contributed by atoms with Crippen LogP contribution in [0, 0.1) is 5.92 Å². The maximum Gasteiger partial charge on any atom is 0.164 e. The van der Waals surface area contributed by atoms with Crippen molar-refractivity contribution < 1.29 is 14.2 Å². The first-order valence-electron chi connectivity index (χ1n) is 7.26. The van der Waals surface area contributed by atoms with E-state index in [-0.39, 0.29) is 18.4 Å². The Kier molecular flexibility index (Phi) is 7.12. The normalized spacial score (nSPS) is 16.8. The van der Waals surface area contributed by atoms with Crippen LogP contribution in [0.3, 0.4) is 0 Å². The molecule has 0 saturated heterocycles. The maximum atomic E-state index is 6.48. The third-order valence-corrected chi connectivity index (χ3v) is 4.25. The smallest absolute Gasteiger partial charge is 0.164 e.